The summed E-state index contributed by atoms with van der Waals surface area (Å²) in [7, 11) is -4.98. The molecule has 0 bridgehead atoms. The van der Waals surface area contributed by atoms with Crippen molar-refractivity contribution in [3.05, 3.63) is 48.1 Å². The van der Waals surface area contributed by atoms with Crippen LogP contribution in [-0.2, 0) is 47.6 Å². The molecule has 0 atom stereocenters. The normalized spacial score (nSPS) is 11.8. The molecule has 0 aliphatic carbocycles. The summed E-state index contributed by atoms with van der Waals surface area (Å²) in [6.45, 7) is 12.2. The van der Waals surface area contributed by atoms with E-state index in [2.05, 4.69) is 41.8 Å². The van der Waals surface area contributed by atoms with E-state index in [4.69, 9.17) is 0 Å². The van der Waals surface area contributed by atoms with Crippen molar-refractivity contribution in [1.82, 2.24) is 0 Å². The van der Waals surface area contributed by atoms with Crippen molar-refractivity contribution in [2.75, 3.05) is 0 Å². The van der Waals surface area contributed by atoms with Crippen LogP contribution < -0.4 is 0 Å². The van der Waals surface area contributed by atoms with Crippen LogP contribution in [0.5, 0.6) is 0 Å². The molecule has 0 heterocycles. The van der Waals surface area contributed by atoms with Crippen LogP contribution in [0.2, 0.25) is 0 Å². The number of carbonyl (C=O) groups excluding carboxylic acids is 3. The van der Waals surface area contributed by atoms with Crippen molar-refractivity contribution in [1.29, 1.82) is 0 Å². The van der Waals surface area contributed by atoms with Gasteiger partial charge < -0.3 is 0 Å². The number of rotatable bonds is 10. The fourth-order valence-electron chi connectivity index (χ4n) is 0.792. The highest BCUT2D eigenvalue weighted by molar-refractivity contribution is 7.48. The summed E-state index contributed by atoms with van der Waals surface area (Å²) in [5.41, 5.74) is -0.164. The third-order valence-electron chi connectivity index (χ3n) is 2.17. The van der Waals surface area contributed by atoms with Gasteiger partial charge >= 0.3 is 25.7 Å². The van der Waals surface area contributed by atoms with Crippen molar-refractivity contribution in [3.8, 4) is 0 Å². The first kappa shape index (κ1) is 23.5. The van der Waals surface area contributed by atoms with Crippen LogP contribution in [0.3, 0.4) is 0 Å². The van der Waals surface area contributed by atoms with Gasteiger partial charge in [-0.2, -0.15) is 0 Å². The fraction of sp³-hybridized carbons (Fsp3) is 0.267. The maximum absolute atomic E-state index is 12.2. The van der Waals surface area contributed by atoms with Gasteiger partial charge in [0, 0.05) is 16.7 Å². The maximum atomic E-state index is 12.2. The number of carbonyl (C=O) groups is 3. The van der Waals surface area contributed by atoms with Gasteiger partial charge in [-0.05, 0) is 27.7 Å². The van der Waals surface area contributed by atoms with Crippen LogP contribution in [-0.4, -0.2) is 17.9 Å². The zero-order chi connectivity index (χ0) is 20.3. The molecule has 0 aromatic heterocycles. The second-order valence-electron chi connectivity index (χ2n) is 4.72. The maximum Gasteiger partial charge on any atom is 0.584 e. The van der Waals surface area contributed by atoms with Crippen molar-refractivity contribution in [3.63, 3.8) is 0 Å². The molecule has 0 rings (SSSR count). The highest BCUT2D eigenvalue weighted by Gasteiger charge is 2.38. The first-order chi connectivity index (χ1) is 12.0. The Bertz CT molecular complexity index is 655. The van der Waals surface area contributed by atoms with E-state index in [1.54, 1.807) is 13.0 Å². The summed E-state index contributed by atoms with van der Waals surface area (Å²) in [6.07, 6.45) is 4.55. The van der Waals surface area contributed by atoms with Crippen LogP contribution in [0.15, 0.2) is 48.1 Å². The lowest BCUT2D eigenvalue weighted by molar-refractivity contribution is -0.292. The lowest BCUT2D eigenvalue weighted by atomic mass is 10.3. The molecule has 144 valence electrons. The topological polar surface area (TPSA) is 124 Å². The van der Waals surface area contributed by atoms with Gasteiger partial charge in [0.05, 0.1) is 0 Å². The first-order valence-electron chi connectivity index (χ1n) is 6.94. The van der Waals surface area contributed by atoms with E-state index in [0.717, 1.165) is 0 Å². The van der Waals surface area contributed by atoms with Gasteiger partial charge in [0.2, 0.25) is 0 Å². The highest BCUT2D eigenvalue weighted by Crippen LogP contribution is 2.50. The predicted octanol–water partition coefficient (Wildman–Crippen LogP) is 3.19. The van der Waals surface area contributed by atoms with E-state index in [-0.39, 0.29) is 16.7 Å². The quantitative estimate of drug-likeness (QED) is 0.181. The molecule has 0 saturated heterocycles. The van der Waals surface area contributed by atoms with Crippen molar-refractivity contribution >= 4 is 25.7 Å². The summed E-state index contributed by atoms with van der Waals surface area (Å²) in [4.78, 5) is 46.8. The van der Waals surface area contributed by atoms with Crippen LogP contribution in [0, 0.1) is 0 Å². The molecule has 0 aliphatic rings. The molecule has 11 heteroatoms. The molecule has 0 spiro atoms. The van der Waals surface area contributed by atoms with E-state index < -0.39 is 25.7 Å². The average Bonchev–Trinajstić information content (AvgIpc) is 2.59. The summed E-state index contributed by atoms with van der Waals surface area (Å²) in [6, 6.07) is 0. The molecule has 0 N–H and O–H groups in total. The Morgan fingerprint density at radius 2 is 1.19 bits per heavy atom. The number of hydrogen-bond donors (Lipinski definition) is 0. The van der Waals surface area contributed by atoms with Gasteiger partial charge in [-0.3, -0.25) is 14.7 Å². The lowest BCUT2D eigenvalue weighted by Crippen LogP contribution is -2.13. The van der Waals surface area contributed by atoms with Gasteiger partial charge in [0.15, 0.2) is 0 Å². The Hall–Kier alpha value is -2.52. The highest BCUT2D eigenvalue weighted by atomic mass is 31.2. The number of phosphoric acid groups is 1. The molecule has 0 radical (unpaired) electrons. The van der Waals surface area contributed by atoms with Gasteiger partial charge in [-0.1, -0.05) is 45.4 Å². The molecular formula is C15H19O10P. The molecule has 0 unspecified atom stereocenters. The van der Waals surface area contributed by atoms with Gasteiger partial charge in [0.25, 0.3) is 0 Å². The molecule has 0 saturated carbocycles. The second-order valence-corrected chi connectivity index (χ2v) is 6.06. The summed E-state index contributed by atoms with van der Waals surface area (Å²) >= 11 is 0. The third kappa shape index (κ3) is 9.09. The van der Waals surface area contributed by atoms with E-state index >= 15 is 0 Å². The van der Waals surface area contributed by atoms with Crippen molar-refractivity contribution in [2.24, 2.45) is 0 Å². The first-order valence-corrected chi connectivity index (χ1v) is 8.41. The van der Waals surface area contributed by atoms with E-state index in [0.29, 0.717) is 0 Å². The van der Waals surface area contributed by atoms with Gasteiger partial charge in [-0.15, -0.1) is 0 Å². The van der Waals surface area contributed by atoms with Crippen LogP contribution in [0.25, 0.3) is 0 Å². The van der Waals surface area contributed by atoms with Gasteiger partial charge in [0.1, 0.15) is 0 Å². The summed E-state index contributed by atoms with van der Waals surface area (Å²) in [5.74, 6) is -3.31. The largest absolute Gasteiger partial charge is 0.584 e. The summed E-state index contributed by atoms with van der Waals surface area (Å²) < 4.78 is 24.8. The Morgan fingerprint density at radius 3 is 1.54 bits per heavy atom. The SMILES string of the molecule is C=C(C)C(=O)OOP(=O)(OOC(=O)C(=C)C)OOC(=O)/C(C)=C/C=C/C. The molecule has 0 aliphatic heterocycles. The zero-order valence-corrected chi connectivity index (χ0v) is 15.6. The predicted molar refractivity (Wildman–Crippen MR) is 87.3 cm³/mol. The molecule has 0 amide bonds. The molecule has 10 nitrogen and oxygen atoms in total. The van der Waals surface area contributed by atoms with Crippen LogP contribution in [0.1, 0.15) is 27.7 Å². The van der Waals surface area contributed by atoms with Crippen molar-refractivity contribution < 1.29 is 47.6 Å². The molecule has 0 fully saturated rings. The minimum absolute atomic E-state index is 0.0625. The zero-order valence-electron chi connectivity index (χ0n) is 14.7. The molecule has 0 aromatic carbocycles. The van der Waals surface area contributed by atoms with Crippen molar-refractivity contribution in [2.45, 2.75) is 27.7 Å². The van der Waals surface area contributed by atoms with E-state index in [1.807, 2.05) is 0 Å². The van der Waals surface area contributed by atoms with Gasteiger partial charge in [-0.25, -0.2) is 18.9 Å². The van der Waals surface area contributed by atoms with Crippen LogP contribution >= 0.6 is 7.82 Å². The smallest absolute Gasteiger partial charge is 0.282 e. The second kappa shape index (κ2) is 11.2. The molecule has 26 heavy (non-hydrogen) atoms. The Kier molecular flexibility index (Phi) is 10.1. The fourth-order valence-corrected chi connectivity index (χ4v) is 1.34. The molecular weight excluding hydrogens is 371 g/mol. The van der Waals surface area contributed by atoms with Crippen LogP contribution in [0.4, 0.5) is 0 Å². The minimum atomic E-state index is -4.98. The Morgan fingerprint density at radius 1 is 0.808 bits per heavy atom. The standard InChI is InChI=1S/C15H19O10P/c1-7-8-9-12(6)15(18)22-25-26(19,23-20-13(16)10(2)3)24-21-14(17)11(4)5/h7-9H,2,4H2,1,3,5-6H3/b8-7+,12-9+. The number of allylic oxidation sites excluding steroid dienone is 3. The third-order valence-corrected chi connectivity index (χ3v) is 2.94. The Balaban J connectivity index is 5.06. The monoisotopic (exact) mass is 390 g/mol. The molecule has 0 aromatic rings. The number of hydrogen-bond acceptors (Lipinski definition) is 10. The van der Waals surface area contributed by atoms with E-state index in [9.17, 15) is 18.9 Å². The summed E-state index contributed by atoms with van der Waals surface area (Å²) in [5, 5.41) is 0. The van der Waals surface area contributed by atoms with E-state index in [1.165, 1.54) is 32.9 Å². The lowest BCUT2D eigenvalue weighted by Gasteiger charge is -2.13. The average molecular weight is 390 g/mol. The minimum Gasteiger partial charge on any atom is -0.282 e. The Labute approximate surface area is 150 Å².